The van der Waals surface area contributed by atoms with Crippen LogP contribution in [-0.2, 0) is 9.53 Å². The molecule has 1 heterocycles. The van der Waals surface area contributed by atoms with E-state index in [-0.39, 0.29) is 5.75 Å². The Bertz CT molecular complexity index is 558. The summed E-state index contributed by atoms with van der Waals surface area (Å²) in [5.74, 6) is -0.567. The number of carbonyl (C=O) groups excluding carboxylic acids is 1. The maximum Gasteiger partial charge on any atom is 0.707 e. The molecule has 0 aromatic carbocycles. The highest BCUT2D eigenvalue weighted by Crippen LogP contribution is 2.08. The lowest BCUT2D eigenvalue weighted by atomic mass is 10.2. The van der Waals surface area contributed by atoms with E-state index in [0.29, 0.717) is 0 Å². The highest BCUT2D eigenvalue weighted by Gasteiger charge is 2.14. The molecule has 0 aliphatic rings. The Balaban J connectivity index is 2.79. The summed E-state index contributed by atoms with van der Waals surface area (Å²) in [6, 6.07) is 2.40. The van der Waals surface area contributed by atoms with E-state index in [1.807, 2.05) is 0 Å². The van der Waals surface area contributed by atoms with Crippen LogP contribution in [0.15, 0.2) is 29.2 Å². The van der Waals surface area contributed by atoms with Crippen LogP contribution in [0.2, 0.25) is 0 Å². The Morgan fingerprint density at radius 1 is 1.40 bits per heavy atom. The number of aromatic nitrogens is 1. The zero-order chi connectivity index (χ0) is 15.3. The largest absolute Gasteiger partial charge is 0.707 e. The monoisotopic (exact) mass is 281 g/mol. The van der Waals surface area contributed by atoms with Gasteiger partial charge in [-0.2, -0.15) is 0 Å². The molecule has 20 heavy (non-hydrogen) atoms. The van der Waals surface area contributed by atoms with Gasteiger partial charge < -0.3 is 19.4 Å². The predicted molar refractivity (Wildman–Crippen MR) is 72.7 cm³/mol. The molecule has 1 rings (SSSR count). The van der Waals surface area contributed by atoms with E-state index in [0.717, 1.165) is 16.7 Å². The number of pyridine rings is 1. The van der Waals surface area contributed by atoms with Crippen molar-refractivity contribution in [2.75, 3.05) is 0 Å². The molecule has 2 N–H and O–H groups in total. The van der Waals surface area contributed by atoms with E-state index in [9.17, 15) is 9.59 Å². The number of hydrogen-bond acceptors (Lipinski definition) is 6. The van der Waals surface area contributed by atoms with Crippen molar-refractivity contribution in [1.82, 2.24) is 4.57 Å². The van der Waals surface area contributed by atoms with Crippen LogP contribution in [0, 0.1) is 0 Å². The van der Waals surface area contributed by atoms with Gasteiger partial charge in [0.25, 0.3) is 5.56 Å². The third-order valence-electron chi connectivity index (χ3n) is 1.94. The first-order valence-corrected chi connectivity index (χ1v) is 5.83. The molecule has 0 aliphatic heterocycles. The number of esters is 1. The second-order valence-corrected chi connectivity index (χ2v) is 4.90. The first-order chi connectivity index (χ1) is 9.17. The van der Waals surface area contributed by atoms with Crippen LogP contribution in [0.25, 0.3) is 6.20 Å². The molecule has 1 aromatic heterocycles. The molecule has 0 radical (unpaired) electrons. The minimum absolute atomic E-state index is 0.00641. The first kappa shape index (κ1) is 16.0. The van der Waals surface area contributed by atoms with E-state index in [2.05, 4.69) is 4.65 Å². The smallest absolute Gasteiger partial charge is 0.512 e. The van der Waals surface area contributed by atoms with E-state index in [4.69, 9.17) is 14.8 Å². The van der Waals surface area contributed by atoms with Gasteiger partial charge in [-0.05, 0) is 26.8 Å². The van der Waals surface area contributed by atoms with Crippen molar-refractivity contribution in [1.29, 1.82) is 0 Å². The van der Waals surface area contributed by atoms with Crippen molar-refractivity contribution >= 4 is 19.5 Å². The molecule has 8 heteroatoms. The Morgan fingerprint density at radius 3 is 2.55 bits per heavy atom. The van der Waals surface area contributed by atoms with Gasteiger partial charge in [-0.15, -0.1) is 0 Å². The number of ether oxygens (including phenoxy) is 1. The third kappa shape index (κ3) is 5.72. The number of nitrogens with zero attached hydrogens (tertiary/aromatic N) is 1. The molecular weight excluding hydrogens is 265 g/mol. The molecule has 1 aromatic rings. The Kier molecular flexibility index (Phi) is 5.12. The lowest BCUT2D eigenvalue weighted by Gasteiger charge is -2.17. The molecule has 0 saturated carbocycles. The average molecular weight is 281 g/mol. The Hall–Kier alpha value is -2.06. The second kappa shape index (κ2) is 6.40. The Morgan fingerprint density at radius 2 is 2.05 bits per heavy atom. The van der Waals surface area contributed by atoms with Gasteiger partial charge in [0.05, 0.1) is 0 Å². The van der Waals surface area contributed by atoms with Crippen LogP contribution in [0.5, 0.6) is 5.75 Å². The minimum atomic E-state index is -2.00. The molecule has 0 bridgehead atoms. The number of rotatable bonds is 4. The van der Waals surface area contributed by atoms with Crippen LogP contribution in [0.3, 0.4) is 0 Å². The second-order valence-electron chi connectivity index (χ2n) is 4.90. The molecule has 0 unspecified atom stereocenters. The van der Waals surface area contributed by atoms with Crippen molar-refractivity contribution < 1.29 is 24.2 Å². The van der Waals surface area contributed by atoms with Gasteiger partial charge in [-0.1, -0.05) is 0 Å². The molecule has 0 fully saturated rings. The normalized spacial score (nSPS) is 11.4. The molecule has 0 spiro atoms. The Labute approximate surface area is 116 Å². The van der Waals surface area contributed by atoms with Gasteiger partial charge >= 0.3 is 13.3 Å². The van der Waals surface area contributed by atoms with Crippen molar-refractivity contribution in [3.8, 4) is 5.75 Å². The van der Waals surface area contributed by atoms with Crippen molar-refractivity contribution in [2.24, 2.45) is 0 Å². The van der Waals surface area contributed by atoms with Crippen molar-refractivity contribution in [3.05, 3.63) is 34.8 Å². The summed E-state index contributed by atoms with van der Waals surface area (Å²) in [5, 5.41) is 17.2. The van der Waals surface area contributed by atoms with Crippen LogP contribution in [0.4, 0.5) is 0 Å². The van der Waals surface area contributed by atoms with E-state index in [1.54, 1.807) is 20.8 Å². The van der Waals surface area contributed by atoms with Crippen LogP contribution in [-0.4, -0.2) is 33.5 Å². The highest BCUT2D eigenvalue weighted by atomic mass is 16.6. The summed E-state index contributed by atoms with van der Waals surface area (Å²) < 4.78 is 10.7. The lowest BCUT2D eigenvalue weighted by Crippen LogP contribution is -2.23. The van der Waals surface area contributed by atoms with Crippen LogP contribution < -0.4 is 10.2 Å². The summed E-state index contributed by atoms with van der Waals surface area (Å²) in [7, 11) is -2.00. The van der Waals surface area contributed by atoms with Gasteiger partial charge in [0, 0.05) is 24.5 Å². The molecular formula is C12H16BNO6. The van der Waals surface area contributed by atoms with Gasteiger partial charge in [0.2, 0.25) is 0 Å². The van der Waals surface area contributed by atoms with Gasteiger partial charge in [0.15, 0.2) is 0 Å². The molecule has 0 aliphatic carbocycles. The molecule has 0 atom stereocenters. The predicted octanol–water partition coefficient (Wildman–Crippen LogP) is 0.00900. The van der Waals surface area contributed by atoms with Crippen molar-refractivity contribution in [2.45, 2.75) is 26.4 Å². The zero-order valence-electron chi connectivity index (χ0n) is 11.4. The van der Waals surface area contributed by atoms with Crippen LogP contribution in [0.1, 0.15) is 20.8 Å². The topological polar surface area (TPSA) is 98.0 Å². The summed E-state index contributed by atoms with van der Waals surface area (Å²) in [6.45, 7) is 5.20. The fourth-order valence-electron chi connectivity index (χ4n) is 1.27. The maximum atomic E-state index is 11.6. The molecule has 7 nitrogen and oxygen atoms in total. The van der Waals surface area contributed by atoms with Crippen LogP contribution >= 0.6 is 0 Å². The summed E-state index contributed by atoms with van der Waals surface area (Å²) in [5.41, 5.74) is -1.11. The summed E-state index contributed by atoms with van der Waals surface area (Å²) >= 11 is 0. The SMILES string of the molecule is CC(C)(C)OC(=O)/C=C/n1ccc(OB(O)O)cc1=O. The zero-order valence-corrected chi connectivity index (χ0v) is 11.4. The summed E-state index contributed by atoms with van der Waals surface area (Å²) in [4.78, 5) is 23.1. The minimum Gasteiger partial charge on any atom is -0.512 e. The van der Waals surface area contributed by atoms with E-state index >= 15 is 0 Å². The molecule has 0 saturated heterocycles. The van der Waals surface area contributed by atoms with E-state index < -0.39 is 24.5 Å². The first-order valence-electron chi connectivity index (χ1n) is 5.83. The summed E-state index contributed by atoms with van der Waals surface area (Å²) in [6.07, 6.45) is 3.69. The number of carbonyl (C=O) groups is 1. The fraction of sp³-hybridized carbons (Fsp3) is 0.333. The molecule has 0 amide bonds. The average Bonchev–Trinajstić information content (AvgIpc) is 2.24. The standard InChI is InChI=1S/C12H16BNO6/c1-12(2,3)19-11(16)5-7-14-6-4-9(8-10(14)15)20-13(17)18/h4-8,17-18H,1-3H3/b7-5+. The quantitative estimate of drug-likeness (QED) is 0.458. The fourth-order valence-corrected chi connectivity index (χ4v) is 1.27. The van der Waals surface area contributed by atoms with Gasteiger partial charge in [0.1, 0.15) is 11.4 Å². The maximum absolute atomic E-state index is 11.6. The highest BCUT2D eigenvalue weighted by molar-refractivity contribution is 6.33. The van der Waals surface area contributed by atoms with Gasteiger partial charge in [-0.25, -0.2) is 4.79 Å². The van der Waals surface area contributed by atoms with E-state index in [1.165, 1.54) is 18.5 Å². The third-order valence-corrected chi connectivity index (χ3v) is 1.94. The molecule has 108 valence electrons. The number of hydrogen-bond donors (Lipinski definition) is 2. The lowest BCUT2D eigenvalue weighted by molar-refractivity contribution is -0.148. The van der Waals surface area contributed by atoms with Gasteiger partial charge in [-0.3, -0.25) is 9.36 Å². The van der Waals surface area contributed by atoms with Crippen molar-refractivity contribution in [3.63, 3.8) is 0 Å².